The van der Waals surface area contributed by atoms with Gasteiger partial charge in [0.05, 0.1) is 17.3 Å². The van der Waals surface area contributed by atoms with E-state index in [1.54, 1.807) is 18.3 Å². The number of hydrogen-bond donors (Lipinski definition) is 2. The maximum absolute atomic E-state index is 13.3. The molecule has 2 N–H and O–H groups in total. The maximum atomic E-state index is 13.3. The molecule has 0 saturated heterocycles. The Labute approximate surface area is 186 Å². The van der Waals surface area contributed by atoms with Gasteiger partial charge in [-0.25, -0.2) is 9.07 Å². The molecule has 0 atom stereocenters. The van der Waals surface area contributed by atoms with Crippen LogP contribution in [0.4, 0.5) is 21.8 Å². The Balaban J connectivity index is 1.47. The van der Waals surface area contributed by atoms with E-state index in [0.717, 1.165) is 29.7 Å². The summed E-state index contributed by atoms with van der Waals surface area (Å²) in [5, 5.41) is 12.0. The first kappa shape index (κ1) is 20.2. The number of hydrogen-bond acceptors (Lipinski definition) is 5. The van der Waals surface area contributed by atoms with E-state index in [9.17, 15) is 4.39 Å². The number of rotatable bonds is 7. The van der Waals surface area contributed by atoms with Crippen molar-refractivity contribution in [2.24, 2.45) is 0 Å². The molecule has 0 fully saturated rings. The van der Waals surface area contributed by atoms with Gasteiger partial charge in [0.15, 0.2) is 5.65 Å². The van der Waals surface area contributed by atoms with E-state index < -0.39 is 0 Å². The zero-order valence-corrected chi connectivity index (χ0v) is 17.8. The highest BCUT2D eigenvalue weighted by Gasteiger charge is 2.15. The Morgan fingerprint density at radius 3 is 2.59 bits per heavy atom. The molecule has 6 nitrogen and oxygen atoms in total. The van der Waals surface area contributed by atoms with Crippen LogP contribution >= 0.6 is 0 Å². The van der Waals surface area contributed by atoms with Gasteiger partial charge in [0.1, 0.15) is 11.6 Å². The summed E-state index contributed by atoms with van der Waals surface area (Å²) < 4.78 is 15.2. The van der Waals surface area contributed by atoms with Crippen LogP contribution in [-0.4, -0.2) is 26.3 Å². The standard InChI is InChI=1S/C25H25FN6/c26-19-11-13-20(14-12-19)29-23-22-17-28-32(21-9-5-2-6-10-21)24(22)31-25(30-23)27-16-15-18-7-3-1-4-8-18/h2,5-7,9-14,17H,1,3-4,8,15-16H2,(H2,27,29,30,31). The van der Waals surface area contributed by atoms with Gasteiger partial charge in [-0.2, -0.15) is 15.1 Å². The number of fused-ring (bicyclic) bond motifs is 1. The van der Waals surface area contributed by atoms with Crippen molar-refractivity contribution < 1.29 is 4.39 Å². The molecule has 7 heteroatoms. The van der Waals surface area contributed by atoms with Gasteiger partial charge >= 0.3 is 0 Å². The molecule has 1 aliphatic rings. The van der Waals surface area contributed by atoms with Gasteiger partial charge in [0.25, 0.3) is 0 Å². The Hall–Kier alpha value is -3.74. The molecule has 0 spiro atoms. The van der Waals surface area contributed by atoms with Crippen molar-refractivity contribution in [1.29, 1.82) is 0 Å². The number of halogens is 1. The normalized spacial score (nSPS) is 13.7. The Morgan fingerprint density at radius 1 is 0.969 bits per heavy atom. The zero-order chi connectivity index (χ0) is 21.8. The highest BCUT2D eigenvalue weighted by Crippen LogP contribution is 2.27. The molecule has 2 heterocycles. The monoisotopic (exact) mass is 428 g/mol. The van der Waals surface area contributed by atoms with Gasteiger partial charge < -0.3 is 10.6 Å². The molecule has 0 bridgehead atoms. The Morgan fingerprint density at radius 2 is 1.81 bits per heavy atom. The van der Waals surface area contributed by atoms with Crippen LogP contribution in [0.1, 0.15) is 32.1 Å². The summed E-state index contributed by atoms with van der Waals surface area (Å²) >= 11 is 0. The minimum absolute atomic E-state index is 0.278. The van der Waals surface area contributed by atoms with Crippen molar-refractivity contribution in [2.45, 2.75) is 32.1 Å². The first-order valence-electron chi connectivity index (χ1n) is 11.0. The second-order valence-electron chi connectivity index (χ2n) is 7.94. The number of para-hydroxylation sites is 1. The van der Waals surface area contributed by atoms with Gasteiger partial charge in [0.2, 0.25) is 5.95 Å². The zero-order valence-electron chi connectivity index (χ0n) is 17.8. The minimum atomic E-state index is -0.278. The van der Waals surface area contributed by atoms with E-state index in [-0.39, 0.29) is 5.82 Å². The molecular weight excluding hydrogens is 403 g/mol. The van der Waals surface area contributed by atoms with Crippen LogP contribution in [0.2, 0.25) is 0 Å². The lowest BCUT2D eigenvalue weighted by Gasteiger charge is -2.14. The van der Waals surface area contributed by atoms with Gasteiger partial charge in [0, 0.05) is 12.2 Å². The van der Waals surface area contributed by atoms with Crippen molar-refractivity contribution in [3.05, 3.63) is 78.3 Å². The van der Waals surface area contributed by atoms with Crippen LogP contribution in [0.15, 0.2) is 72.4 Å². The van der Waals surface area contributed by atoms with Crippen molar-refractivity contribution >= 4 is 28.5 Å². The van der Waals surface area contributed by atoms with E-state index in [1.807, 2.05) is 35.0 Å². The van der Waals surface area contributed by atoms with Crippen molar-refractivity contribution in [3.63, 3.8) is 0 Å². The fourth-order valence-electron chi connectivity index (χ4n) is 3.98. The topological polar surface area (TPSA) is 67.7 Å². The van der Waals surface area contributed by atoms with Crippen molar-refractivity contribution in [2.75, 3.05) is 17.2 Å². The smallest absolute Gasteiger partial charge is 0.226 e. The van der Waals surface area contributed by atoms with E-state index >= 15 is 0 Å². The number of allylic oxidation sites excluding steroid dienone is 1. The summed E-state index contributed by atoms with van der Waals surface area (Å²) in [6.45, 7) is 0.771. The maximum Gasteiger partial charge on any atom is 0.226 e. The molecule has 5 rings (SSSR count). The third-order valence-electron chi connectivity index (χ3n) is 5.65. The summed E-state index contributed by atoms with van der Waals surface area (Å²) in [5.74, 6) is 0.888. The predicted molar refractivity (Wildman–Crippen MR) is 126 cm³/mol. The number of nitrogens with one attached hydrogen (secondary N) is 2. The molecule has 0 amide bonds. The fraction of sp³-hybridized carbons (Fsp3) is 0.240. The lowest BCUT2D eigenvalue weighted by Crippen LogP contribution is -2.09. The second-order valence-corrected chi connectivity index (χ2v) is 7.94. The number of benzene rings is 2. The number of anilines is 3. The minimum Gasteiger partial charge on any atom is -0.354 e. The van der Waals surface area contributed by atoms with Crippen LogP contribution < -0.4 is 10.6 Å². The molecule has 0 saturated carbocycles. The highest BCUT2D eigenvalue weighted by atomic mass is 19.1. The molecule has 0 aliphatic heterocycles. The molecule has 162 valence electrons. The lowest BCUT2D eigenvalue weighted by atomic mass is 9.97. The highest BCUT2D eigenvalue weighted by molar-refractivity contribution is 5.90. The van der Waals surface area contributed by atoms with Gasteiger partial charge in [-0.3, -0.25) is 0 Å². The largest absolute Gasteiger partial charge is 0.354 e. The van der Waals surface area contributed by atoms with Crippen LogP contribution in [0.3, 0.4) is 0 Å². The summed E-state index contributed by atoms with van der Waals surface area (Å²) in [4.78, 5) is 9.48. The molecule has 0 unspecified atom stereocenters. The summed E-state index contributed by atoms with van der Waals surface area (Å²) in [5.41, 5.74) is 3.88. The Kier molecular flexibility index (Phi) is 5.79. The fourth-order valence-corrected chi connectivity index (χ4v) is 3.98. The average Bonchev–Trinajstić information content (AvgIpc) is 3.26. The molecule has 0 radical (unpaired) electrons. The predicted octanol–water partition coefficient (Wildman–Crippen LogP) is 6.00. The molecule has 4 aromatic rings. The first-order valence-corrected chi connectivity index (χ1v) is 11.0. The molecule has 2 aromatic carbocycles. The molecule has 32 heavy (non-hydrogen) atoms. The van der Waals surface area contributed by atoms with Crippen LogP contribution in [0.5, 0.6) is 0 Å². The summed E-state index contributed by atoms with van der Waals surface area (Å²) in [7, 11) is 0. The quantitative estimate of drug-likeness (QED) is 0.353. The Bertz CT molecular complexity index is 1230. The van der Waals surface area contributed by atoms with Crippen LogP contribution in [-0.2, 0) is 0 Å². The van der Waals surface area contributed by atoms with E-state index in [1.165, 1.54) is 43.4 Å². The van der Waals surface area contributed by atoms with Crippen LogP contribution in [0.25, 0.3) is 16.7 Å². The molecular formula is C25H25FN6. The number of nitrogens with zero attached hydrogens (tertiary/aromatic N) is 4. The van der Waals surface area contributed by atoms with Gasteiger partial charge in [-0.1, -0.05) is 29.8 Å². The van der Waals surface area contributed by atoms with Crippen molar-refractivity contribution in [1.82, 2.24) is 19.7 Å². The summed E-state index contributed by atoms with van der Waals surface area (Å²) in [6.07, 6.45) is 10.0. The van der Waals surface area contributed by atoms with Crippen LogP contribution in [0, 0.1) is 5.82 Å². The molecule has 2 aromatic heterocycles. The van der Waals surface area contributed by atoms with E-state index in [4.69, 9.17) is 9.97 Å². The third kappa shape index (κ3) is 4.46. The van der Waals surface area contributed by atoms with Gasteiger partial charge in [-0.05, 0) is 68.5 Å². The molecule has 1 aliphatic carbocycles. The van der Waals surface area contributed by atoms with Crippen molar-refractivity contribution in [3.8, 4) is 5.69 Å². The first-order chi connectivity index (χ1) is 15.8. The van der Waals surface area contributed by atoms with E-state index in [2.05, 4.69) is 21.8 Å². The number of aromatic nitrogens is 4. The van der Waals surface area contributed by atoms with Gasteiger partial charge in [-0.15, -0.1) is 0 Å². The van der Waals surface area contributed by atoms with E-state index in [0.29, 0.717) is 17.4 Å². The lowest BCUT2D eigenvalue weighted by molar-refractivity contribution is 0.628. The SMILES string of the molecule is Fc1ccc(Nc2nc(NCCC3=CCCCC3)nc3c2cnn3-c2ccccc2)cc1. The third-order valence-corrected chi connectivity index (χ3v) is 5.65. The second kappa shape index (κ2) is 9.18. The summed E-state index contributed by atoms with van der Waals surface area (Å²) in [6, 6.07) is 16.1. The average molecular weight is 429 g/mol.